The van der Waals surface area contributed by atoms with Gasteiger partial charge in [0.05, 0.1) is 0 Å². The van der Waals surface area contributed by atoms with Crippen LogP contribution in [0.15, 0.2) is 30.3 Å². The molecular weight excluding hydrogens is 265 g/mol. The fraction of sp³-hybridized carbons (Fsp3) is 0.188. The molecule has 0 aliphatic heterocycles. The zero-order valence-electron chi connectivity index (χ0n) is 11.1. The molecule has 2 aromatic rings. The van der Waals surface area contributed by atoms with E-state index in [0.717, 1.165) is 12.1 Å². The van der Waals surface area contributed by atoms with Gasteiger partial charge < -0.3 is 0 Å². The van der Waals surface area contributed by atoms with Crippen molar-refractivity contribution in [2.45, 2.75) is 20.3 Å². The van der Waals surface area contributed by atoms with E-state index in [1.54, 1.807) is 13.8 Å². The number of carbonyl (C=O) groups excluding carboxylic acids is 1. The number of hydrogen-bond donors (Lipinski definition) is 0. The van der Waals surface area contributed by atoms with Crippen molar-refractivity contribution in [3.05, 3.63) is 70.0 Å². The van der Waals surface area contributed by atoms with E-state index in [1.807, 2.05) is 0 Å². The monoisotopic (exact) mass is 278 g/mol. The van der Waals surface area contributed by atoms with E-state index >= 15 is 0 Å². The van der Waals surface area contributed by atoms with Crippen LogP contribution in [0.2, 0.25) is 0 Å². The predicted octanol–water partition coefficient (Wildman–Crippen LogP) is 4.15. The summed E-state index contributed by atoms with van der Waals surface area (Å²) >= 11 is 0. The number of hydrogen-bond acceptors (Lipinski definition) is 1. The van der Waals surface area contributed by atoms with E-state index in [-0.39, 0.29) is 23.4 Å². The molecule has 4 heteroatoms. The molecule has 0 fully saturated rings. The standard InChI is InChI=1S/C16H13F3O/c1-9-6-11(7-10(2)16(9)19)15(20)8-12-13(17)4-3-5-14(12)18/h3-7H,8H2,1-2H3. The highest BCUT2D eigenvalue weighted by atomic mass is 19.1. The average Bonchev–Trinajstić information content (AvgIpc) is 2.39. The summed E-state index contributed by atoms with van der Waals surface area (Å²) in [6.45, 7) is 3.09. The largest absolute Gasteiger partial charge is 0.294 e. The maximum Gasteiger partial charge on any atom is 0.167 e. The number of benzene rings is 2. The molecule has 0 saturated carbocycles. The van der Waals surface area contributed by atoms with Gasteiger partial charge in [-0.15, -0.1) is 0 Å². The first kappa shape index (κ1) is 14.3. The fourth-order valence-corrected chi connectivity index (χ4v) is 2.07. The first-order valence-corrected chi connectivity index (χ1v) is 6.13. The van der Waals surface area contributed by atoms with E-state index in [9.17, 15) is 18.0 Å². The average molecular weight is 278 g/mol. The van der Waals surface area contributed by atoms with E-state index < -0.39 is 17.4 Å². The van der Waals surface area contributed by atoms with Gasteiger partial charge in [-0.25, -0.2) is 13.2 Å². The smallest absolute Gasteiger partial charge is 0.167 e. The van der Waals surface area contributed by atoms with Crippen LogP contribution in [0, 0.1) is 31.3 Å². The summed E-state index contributed by atoms with van der Waals surface area (Å²) in [6, 6.07) is 6.23. The first-order valence-electron chi connectivity index (χ1n) is 6.13. The summed E-state index contributed by atoms with van der Waals surface area (Å²) < 4.78 is 40.5. The van der Waals surface area contributed by atoms with Crippen molar-refractivity contribution < 1.29 is 18.0 Å². The molecule has 0 atom stereocenters. The topological polar surface area (TPSA) is 17.1 Å². The fourth-order valence-electron chi connectivity index (χ4n) is 2.07. The maximum absolute atomic E-state index is 13.5. The highest BCUT2D eigenvalue weighted by Gasteiger charge is 2.16. The Morgan fingerprint density at radius 3 is 2.00 bits per heavy atom. The SMILES string of the molecule is Cc1cc(C(=O)Cc2c(F)cccc2F)cc(C)c1F. The summed E-state index contributed by atoms with van der Waals surface area (Å²) in [6.07, 6.45) is -0.386. The Bertz CT molecular complexity index is 634. The number of aryl methyl sites for hydroxylation is 2. The van der Waals surface area contributed by atoms with Gasteiger partial charge in [0, 0.05) is 17.5 Å². The third-order valence-electron chi connectivity index (χ3n) is 3.16. The van der Waals surface area contributed by atoms with Crippen molar-refractivity contribution in [1.82, 2.24) is 0 Å². The lowest BCUT2D eigenvalue weighted by atomic mass is 9.98. The molecule has 0 bridgehead atoms. The number of carbonyl (C=O) groups is 1. The van der Waals surface area contributed by atoms with Gasteiger partial charge >= 0.3 is 0 Å². The molecule has 0 heterocycles. The van der Waals surface area contributed by atoms with E-state index in [0.29, 0.717) is 11.1 Å². The van der Waals surface area contributed by atoms with Gasteiger partial charge in [-0.3, -0.25) is 4.79 Å². The zero-order chi connectivity index (χ0) is 14.9. The number of ketones is 1. The molecule has 0 unspecified atom stereocenters. The van der Waals surface area contributed by atoms with Crippen LogP contribution in [0.5, 0.6) is 0 Å². The Balaban J connectivity index is 2.34. The van der Waals surface area contributed by atoms with Crippen molar-refractivity contribution in [3.8, 4) is 0 Å². The molecule has 2 rings (SSSR count). The summed E-state index contributed by atoms with van der Waals surface area (Å²) in [5.74, 6) is -2.33. The van der Waals surface area contributed by atoms with Crippen molar-refractivity contribution in [2.75, 3.05) is 0 Å². The van der Waals surface area contributed by atoms with Crippen LogP contribution in [-0.2, 0) is 6.42 Å². The number of rotatable bonds is 3. The molecule has 0 spiro atoms. The number of halogens is 3. The van der Waals surface area contributed by atoms with Crippen LogP contribution in [0.3, 0.4) is 0 Å². The Morgan fingerprint density at radius 1 is 1.00 bits per heavy atom. The predicted molar refractivity (Wildman–Crippen MR) is 70.3 cm³/mol. The van der Waals surface area contributed by atoms with E-state index in [4.69, 9.17) is 0 Å². The third-order valence-corrected chi connectivity index (χ3v) is 3.16. The quantitative estimate of drug-likeness (QED) is 0.771. The van der Waals surface area contributed by atoms with Crippen LogP contribution >= 0.6 is 0 Å². The lowest BCUT2D eigenvalue weighted by Crippen LogP contribution is -2.08. The van der Waals surface area contributed by atoms with E-state index in [1.165, 1.54) is 18.2 Å². The molecule has 0 saturated heterocycles. The summed E-state index contributed by atoms with van der Waals surface area (Å²) in [5, 5.41) is 0. The minimum atomic E-state index is -0.756. The maximum atomic E-state index is 13.5. The lowest BCUT2D eigenvalue weighted by Gasteiger charge is -2.07. The molecular formula is C16H13F3O. The van der Waals surface area contributed by atoms with Gasteiger partial charge in [0.15, 0.2) is 5.78 Å². The van der Waals surface area contributed by atoms with Crippen molar-refractivity contribution in [1.29, 1.82) is 0 Å². The molecule has 20 heavy (non-hydrogen) atoms. The number of Topliss-reactive ketones (excluding diaryl/α,β-unsaturated/α-hetero) is 1. The molecule has 1 nitrogen and oxygen atoms in total. The highest BCUT2D eigenvalue weighted by Crippen LogP contribution is 2.19. The van der Waals surface area contributed by atoms with Gasteiger partial charge in [0.2, 0.25) is 0 Å². The Hall–Kier alpha value is -2.10. The first-order chi connectivity index (χ1) is 9.40. The van der Waals surface area contributed by atoms with Crippen molar-refractivity contribution in [2.24, 2.45) is 0 Å². The van der Waals surface area contributed by atoms with Gasteiger partial charge in [0.1, 0.15) is 17.5 Å². The van der Waals surface area contributed by atoms with Crippen LogP contribution in [0.1, 0.15) is 27.0 Å². The second kappa shape index (κ2) is 5.49. The normalized spacial score (nSPS) is 10.7. The Kier molecular flexibility index (Phi) is 3.93. The summed E-state index contributed by atoms with van der Waals surface area (Å²) in [4.78, 5) is 12.1. The second-order valence-corrected chi connectivity index (χ2v) is 4.72. The third kappa shape index (κ3) is 2.74. The molecule has 2 aromatic carbocycles. The summed E-state index contributed by atoms with van der Waals surface area (Å²) in [7, 11) is 0. The van der Waals surface area contributed by atoms with Gasteiger partial charge in [0.25, 0.3) is 0 Å². The minimum Gasteiger partial charge on any atom is -0.294 e. The molecule has 0 aliphatic carbocycles. The molecule has 0 radical (unpaired) electrons. The van der Waals surface area contributed by atoms with Crippen LogP contribution in [-0.4, -0.2) is 5.78 Å². The second-order valence-electron chi connectivity index (χ2n) is 4.72. The van der Waals surface area contributed by atoms with Crippen molar-refractivity contribution >= 4 is 5.78 Å². The molecule has 0 aliphatic rings. The molecule has 0 N–H and O–H groups in total. The molecule has 0 amide bonds. The lowest BCUT2D eigenvalue weighted by molar-refractivity contribution is 0.0990. The van der Waals surface area contributed by atoms with Crippen LogP contribution in [0.4, 0.5) is 13.2 Å². The van der Waals surface area contributed by atoms with Gasteiger partial charge in [-0.05, 0) is 49.2 Å². The minimum absolute atomic E-state index is 0.254. The molecule has 0 aromatic heterocycles. The zero-order valence-corrected chi connectivity index (χ0v) is 11.1. The van der Waals surface area contributed by atoms with E-state index in [2.05, 4.69) is 0 Å². The van der Waals surface area contributed by atoms with Crippen LogP contribution in [0.25, 0.3) is 0 Å². The molecule has 104 valence electrons. The highest BCUT2D eigenvalue weighted by molar-refractivity contribution is 5.97. The Labute approximate surface area is 115 Å². The van der Waals surface area contributed by atoms with Crippen molar-refractivity contribution in [3.63, 3.8) is 0 Å². The summed E-state index contributed by atoms with van der Waals surface area (Å²) in [5.41, 5.74) is 0.658. The van der Waals surface area contributed by atoms with Gasteiger partial charge in [-0.2, -0.15) is 0 Å². The van der Waals surface area contributed by atoms with Gasteiger partial charge in [-0.1, -0.05) is 6.07 Å². The van der Waals surface area contributed by atoms with Crippen LogP contribution < -0.4 is 0 Å². The Morgan fingerprint density at radius 2 is 1.50 bits per heavy atom.